The van der Waals surface area contributed by atoms with Crippen LogP contribution in [0, 0.1) is 5.92 Å². The summed E-state index contributed by atoms with van der Waals surface area (Å²) in [4.78, 5) is 14.1. The first kappa shape index (κ1) is 17.2. The maximum absolute atomic E-state index is 13.3. The van der Waals surface area contributed by atoms with E-state index in [-0.39, 0.29) is 30.4 Å². The standard InChI is InChI=1S/C17H20F3NO3/c1-10-6-7-24-15(10)16(23)21-9-11(22)8-14(21)12-4-2-3-5-13(12)17(18,19)20/h2-5,10-11,14-15,22H,6-9H2,1H3/t10-,11+,14-,15+/m1/s1. The number of alkyl halides is 3. The van der Waals surface area contributed by atoms with E-state index in [1.165, 1.54) is 23.1 Å². The number of carbonyl (C=O) groups excluding carboxylic acids is 1. The van der Waals surface area contributed by atoms with Gasteiger partial charge >= 0.3 is 6.18 Å². The van der Waals surface area contributed by atoms with E-state index in [9.17, 15) is 23.1 Å². The Kier molecular flexibility index (Phi) is 4.57. The van der Waals surface area contributed by atoms with E-state index in [0.717, 1.165) is 12.5 Å². The van der Waals surface area contributed by atoms with E-state index in [2.05, 4.69) is 0 Å². The van der Waals surface area contributed by atoms with E-state index >= 15 is 0 Å². The Hall–Kier alpha value is -1.60. The lowest BCUT2D eigenvalue weighted by Crippen LogP contribution is -2.41. The first-order chi connectivity index (χ1) is 11.3. The molecule has 0 unspecified atom stereocenters. The van der Waals surface area contributed by atoms with Gasteiger partial charge in [-0.15, -0.1) is 0 Å². The van der Waals surface area contributed by atoms with Gasteiger partial charge in [-0.1, -0.05) is 25.1 Å². The number of nitrogens with zero attached hydrogens (tertiary/aromatic N) is 1. The number of aliphatic hydroxyl groups is 1. The fourth-order valence-electron chi connectivity index (χ4n) is 3.57. The molecule has 0 saturated carbocycles. The minimum Gasteiger partial charge on any atom is -0.391 e. The molecule has 4 atom stereocenters. The number of benzene rings is 1. The smallest absolute Gasteiger partial charge is 0.391 e. The molecule has 1 aromatic carbocycles. The zero-order valence-corrected chi connectivity index (χ0v) is 13.3. The average Bonchev–Trinajstić information content (AvgIpc) is 3.11. The highest BCUT2D eigenvalue weighted by Gasteiger charge is 2.44. The number of amides is 1. The van der Waals surface area contributed by atoms with Crippen molar-refractivity contribution in [2.24, 2.45) is 5.92 Å². The average molecular weight is 343 g/mol. The largest absolute Gasteiger partial charge is 0.416 e. The molecule has 132 valence electrons. The van der Waals surface area contributed by atoms with Gasteiger partial charge < -0.3 is 14.7 Å². The van der Waals surface area contributed by atoms with Crippen LogP contribution in [0.2, 0.25) is 0 Å². The molecule has 24 heavy (non-hydrogen) atoms. The van der Waals surface area contributed by atoms with Crippen LogP contribution in [0.25, 0.3) is 0 Å². The third-order valence-electron chi connectivity index (χ3n) is 4.82. The van der Waals surface area contributed by atoms with Crippen LogP contribution in [-0.2, 0) is 15.7 Å². The molecule has 1 aromatic rings. The summed E-state index contributed by atoms with van der Waals surface area (Å²) < 4.78 is 45.4. The van der Waals surface area contributed by atoms with Gasteiger partial charge in [-0.3, -0.25) is 4.79 Å². The molecule has 2 heterocycles. The number of rotatable bonds is 2. The first-order valence-electron chi connectivity index (χ1n) is 8.05. The van der Waals surface area contributed by atoms with Crippen molar-refractivity contribution in [1.82, 2.24) is 4.90 Å². The lowest BCUT2D eigenvalue weighted by Gasteiger charge is -2.29. The number of likely N-dealkylation sites (tertiary alicyclic amines) is 1. The Labute approximate surface area is 138 Å². The summed E-state index contributed by atoms with van der Waals surface area (Å²) in [6.45, 7) is 2.39. The third kappa shape index (κ3) is 3.15. The van der Waals surface area contributed by atoms with Gasteiger partial charge in [0.05, 0.1) is 17.7 Å². The van der Waals surface area contributed by atoms with E-state index in [1.807, 2.05) is 6.92 Å². The lowest BCUT2D eigenvalue weighted by molar-refractivity contribution is -0.145. The Morgan fingerprint density at radius 3 is 2.67 bits per heavy atom. The van der Waals surface area contributed by atoms with Gasteiger partial charge in [-0.2, -0.15) is 13.2 Å². The van der Waals surface area contributed by atoms with Crippen molar-refractivity contribution in [3.8, 4) is 0 Å². The molecule has 1 amide bonds. The minimum absolute atomic E-state index is 0.0220. The lowest BCUT2D eigenvalue weighted by atomic mass is 9.96. The van der Waals surface area contributed by atoms with Crippen LogP contribution in [-0.4, -0.2) is 41.3 Å². The summed E-state index contributed by atoms with van der Waals surface area (Å²) in [6, 6.07) is 4.45. The molecule has 0 radical (unpaired) electrons. The minimum atomic E-state index is -4.50. The van der Waals surface area contributed by atoms with Crippen molar-refractivity contribution in [2.45, 2.75) is 44.2 Å². The quantitative estimate of drug-likeness (QED) is 0.898. The van der Waals surface area contributed by atoms with Crippen molar-refractivity contribution in [3.05, 3.63) is 35.4 Å². The molecule has 1 N–H and O–H groups in total. The fourth-order valence-corrected chi connectivity index (χ4v) is 3.57. The normalized spacial score (nSPS) is 30.8. The van der Waals surface area contributed by atoms with Crippen molar-refractivity contribution >= 4 is 5.91 Å². The summed E-state index contributed by atoms with van der Waals surface area (Å²) >= 11 is 0. The molecule has 2 fully saturated rings. The summed E-state index contributed by atoms with van der Waals surface area (Å²) in [7, 11) is 0. The summed E-state index contributed by atoms with van der Waals surface area (Å²) in [5.41, 5.74) is -0.733. The Balaban J connectivity index is 1.93. The maximum Gasteiger partial charge on any atom is 0.416 e. The van der Waals surface area contributed by atoms with E-state index in [1.54, 1.807) is 0 Å². The second kappa shape index (κ2) is 6.37. The molecule has 2 saturated heterocycles. The summed E-state index contributed by atoms with van der Waals surface area (Å²) in [5.74, 6) is -0.313. The van der Waals surface area contributed by atoms with Crippen LogP contribution >= 0.6 is 0 Å². The molecule has 7 heteroatoms. The summed E-state index contributed by atoms with van der Waals surface area (Å²) in [6.07, 6.45) is -5.14. The number of β-amino-alcohol motifs (C(OH)–C–C–N with tert-alkyl or cyclic N) is 1. The molecule has 0 bridgehead atoms. The topological polar surface area (TPSA) is 49.8 Å². The zero-order chi connectivity index (χ0) is 17.5. The number of ether oxygens (including phenoxy) is 1. The van der Waals surface area contributed by atoms with Crippen LogP contribution in [0.1, 0.15) is 36.9 Å². The van der Waals surface area contributed by atoms with Gasteiger partial charge in [0.2, 0.25) is 0 Å². The molecule has 4 nitrogen and oxygen atoms in total. The first-order valence-corrected chi connectivity index (χ1v) is 8.05. The van der Waals surface area contributed by atoms with Crippen LogP contribution < -0.4 is 0 Å². The number of hydrogen-bond donors (Lipinski definition) is 1. The Morgan fingerprint density at radius 2 is 2.04 bits per heavy atom. The van der Waals surface area contributed by atoms with Crippen LogP contribution in [0.4, 0.5) is 13.2 Å². The van der Waals surface area contributed by atoms with E-state index in [4.69, 9.17) is 4.74 Å². The van der Waals surface area contributed by atoms with Gasteiger partial charge in [0.1, 0.15) is 6.10 Å². The van der Waals surface area contributed by atoms with Crippen molar-refractivity contribution in [2.75, 3.05) is 13.2 Å². The van der Waals surface area contributed by atoms with Crippen molar-refractivity contribution in [3.63, 3.8) is 0 Å². The SMILES string of the molecule is C[C@@H]1CCO[C@@H]1C(=O)N1C[C@@H](O)C[C@@H]1c1ccccc1C(F)(F)F. The number of hydrogen-bond acceptors (Lipinski definition) is 3. The van der Waals surface area contributed by atoms with Gasteiger partial charge in [0, 0.05) is 13.2 Å². The monoisotopic (exact) mass is 343 g/mol. The number of aliphatic hydroxyl groups excluding tert-OH is 1. The molecular formula is C17H20F3NO3. The molecule has 0 aliphatic carbocycles. The predicted molar refractivity (Wildman–Crippen MR) is 80.0 cm³/mol. The Morgan fingerprint density at radius 1 is 1.33 bits per heavy atom. The maximum atomic E-state index is 13.3. The second-order valence-corrected chi connectivity index (χ2v) is 6.54. The highest BCUT2D eigenvalue weighted by atomic mass is 19.4. The molecule has 0 spiro atoms. The molecule has 0 aromatic heterocycles. The van der Waals surface area contributed by atoms with Gasteiger partial charge in [0.25, 0.3) is 5.91 Å². The fraction of sp³-hybridized carbons (Fsp3) is 0.588. The van der Waals surface area contributed by atoms with E-state index in [0.29, 0.717) is 6.61 Å². The number of carbonyl (C=O) groups is 1. The van der Waals surface area contributed by atoms with Gasteiger partial charge in [-0.05, 0) is 30.4 Å². The second-order valence-electron chi connectivity index (χ2n) is 6.54. The van der Waals surface area contributed by atoms with Crippen LogP contribution in [0.5, 0.6) is 0 Å². The summed E-state index contributed by atoms with van der Waals surface area (Å²) in [5, 5.41) is 9.97. The third-order valence-corrected chi connectivity index (χ3v) is 4.82. The molecule has 2 aliphatic rings. The molecule has 3 rings (SSSR count). The van der Waals surface area contributed by atoms with Crippen LogP contribution in [0.3, 0.4) is 0 Å². The van der Waals surface area contributed by atoms with Crippen molar-refractivity contribution < 1.29 is 27.8 Å². The Bertz CT molecular complexity index is 619. The predicted octanol–water partition coefficient (Wildman–Crippen LogP) is 2.76. The highest BCUT2D eigenvalue weighted by molar-refractivity contribution is 5.82. The van der Waals surface area contributed by atoms with E-state index < -0.39 is 30.0 Å². The number of halogens is 3. The van der Waals surface area contributed by atoms with Crippen molar-refractivity contribution in [1.29, 1.82) is 0 Å². The van der Waals surface area contributed by atoms with Gasteiger partial charge in [-0.25, -0.2) is 0 Å². The molecular weight excluding hydrogens is 323 g/mol. The van der Waals surface area contributed by atoms with Crippen LogP contribution in [0.15, 0.2) is 24.3 Å². The highest BCUT2D eigenvalue weighted by Crippen LogP contribution is 2.41. The molecule has 2 aliphatic heterocycles. The zero-order valence-electron chi connectivity index (χ0n) is 13.3. The van der Waals surface area contributed by atoms with Gasteiger partial charge in [0.15, 0.2) is 0 Å².